The molecule has 2 aliphatic rings. The zero-order valence-corrected chi connectivity index (χ0v) is 15.6. The van der Waals surface area contributed by atoms with Gasteiger partial charge in [0.2, 0.25) is 6.79 Å². The first kappa shape index (κ1) is 18.4. The molecule has 1 N–H and O–H groups in total. The highest BCUT2D eigenvalue weighted by atomic mass is 16.7. The van der Waals surface area contributed by atoms with Crippen molar-refractivity contribution in [1.82, 2.24) is 5.32 Å². The van der Waals surface area contributed by atoms with Gasteiger partial charge < -0.3 is 18.9 Å². The summed E-state index contributed by atoms with van der Waals surface area (Å²) in [6.07, 6.45) is 1.36. The van der Waals surface area contributed by atoms with Gasteiger partial charge in [-0.15, -0.1) is 0 Å². The lowest BCUT2D eigenvalue weighted by Crippen LogP contribution is -2.54. The lowest BCUT2D eigenvalue weighted by molar-refractivity contribution is -0.122. The molecule has 4 amide bonds. The van der Waals surface area contributed by atoms with Crippen LogP contribution in [-0.4, -0.2) is 38.9 Å². The third-order valence-corrected chi connectivity index (χ3v) is 4.46. The molecule has 2 aliphatic heterocycles. The zero-order valence-electron chi connectivity index (χ0n) is 15.6. The Balaban J connectivity index is 1.73. The average molecular weight is 396 g/mol. The summed E-state index contributed by atoms with van der Waals surface area (Å²) < 4.78 is 21.0. The van der Waals surface area contributed by atoms with E-state index in [-0.39, 0.29) is 18.1 Å². The van der Waals surface area contributed by atoms with E-state index >= 15 is 0 Å². The van der Waals surface area contributed by atoms with Crippen molar-refractivity contribution in [1.29, 1.82) is 0 Å². The summed E-state index contributed by atoms with van der Waals surface area (Å²) in [5.74, 6) is 0.311. The molecule has 29 heavy (non-hydrogen) atoms. The molecule has 2 heterocycles. The Hall–Kier alpha value is -4.01. The van der Waals surface area contributed by atoms with Crippen LogP contribution in [0.25, 0.3) is 6.08 Å². The molecule has 0 unspecified atom stereocenters. The Morgan fingerprint density at radius 3 is 2.55 bits per heavy atom. The van der Waals surface area contributed by atoms with Crippen LogP contribution in [0.15, 0.2) is 42.0 Å². The number of urea groups is 1. The summed E-state index contributed by atoms with van der Waals surface area (Å²) in [6, 6.07) is 8.71. The molecule has 0 spiro atoms. The predicted molar refractivity (Wildman–Crippen MR) is 101 cm³/mol. The van der Waals surface area contributed by atoms with Gasteiger partial charge in [-0.25, -0.2) is 9.69 Å². The van der Waals surface area contributed by atoms with Crippen LogP contribution in [-0.2, 0) is 9.59 Å². The molecule has 148 valence electrons. The molecular weight excluding hydrogens is 380 g/mol. The van der Waals surface area contributed by atoms with Gasteiger partial charge in [0.25, 0.3) is 11.8 Å². The predicted octanol–water partition coefficient (Wildman–Crippen LogP) is 2.10. The highest BCUT2D eigenvalue weighted by Gasteiger charge is 2.37. The minimum Gasteiger partial charge on any atom is -0.497 e. The van der Waals surface area contributed by atoms with Gasteiger partial charge in [0, 0.05) is 17.7 Å². The second-order valence-corrected chi connectivity index (χ2v) is 6.10. The van der Waals surface area contributed by atoms with Crippen molar-refractivity contribution in [3.63, 3.8) is 0 Å². The molecule has 0 bridgehead atoms. The number of rotatable bonds is 4. The van der Waals surface area contributed by atoms with Crippen LogP contribution in [0.3, 0.4) is 0 Å². The van der Waals surface area contributed by atoms with E-state index in [1.165, 1.54) is 32.4 Å². The fourth-order valence-electron chi connectivity index (χ4n) is 3.01. The molecule has 0 aromatic heterocycles. The largest absolute Gasteiger partial charge is 0.497 e. The van der Waals surface area contributed by atoms with Crippen molar-refractivity contribution >= 4 is 29.6 Å². The van der Waals surface area contributed by atoms with E-state index in [0.717, 1.165) is 4.90 Å². The Bertz CT molecular complexity index is 1060. The van der Waals surface area contributed by atoms with Crippen molar-refractivity contribution < 1.29 is 33.3 Å². The molecule has 0 saturated carbocycles. The Morgan fingerprint density at radius 1 is 1.00 bits per heavy atom. The third-order valence-electron chi connectivity index (χ3n) is 4.46. The first-order valence-corrected chi connectivity index (χ1v) is 8.55. The summed E-state index contributed by atoms with van der Waals surface area (Å²) >= 11 is 0. The molecule has 9 heteroatoms. The van der Waals surface area contributed by atoms with Crippen LogP contribution in [0.5, 0.6) is 23.0 Å². The monoisotopic (exact) mass is 396 g/mol. The van der Waals surface area contributed by atoms with Crippen LogP contribution in [0, 0.1) is 0 Å². The number of amides is 4. The number of ether oxygens (including phenoxy) is 4. The van der Waals surface area contributed by atoms with Gasteiger partial charge in [0.15, 0.2) is 11.5 Å². The SMILES string of the molecule is COc1ccc(/C=C2\C(=O)NC(=O)N(c3ccc4c(c3)OCO4)C2=O)c(OC)c1. The lowest BCUT2D eigenvalue weighted by Gasteiger charge is -2.26. The Kier molecular flexibility index (Phi) is 4.55. The molecule has 9 nitrogen and oxygen atoms in total. The standard InChI is InChI=1S/C20H16N2O7/c1-26-13-5-3-11(16(9-13)27-2)7-14-18(23)21-20(25)22(19(14)24)12-4-6-15-17(8-12)29-10-28-15/h3-9H,10H2,1-2H3,(H,21,23,25)/b14-7+. The summed E-state index contributed by atoms with van der Waals surface area (Å²) in [5.41, 5.74) is 0.509. The van der Waals surface area contributed by atoms with Crippen molar-refractivity contribution in [3.8, 4) is 23.0 Å². The highest BCUT2D eigenvalue weighted by molar-refractivity contribution is 6.39. The quantitative estimate of drug-likeness (QED) is 0.623. The topological polar surface area (TPSA) is 103 Å². The first-order valence-electron chi connectivity index (χ1n) is 8.55. The molecule has 4 rings (SSSR count). The number of hydrogen-bond acceptors (Lipinski definition) is 7. The van der Waals surface area contributed by atoms with Crippen LogP contribution in [0.1, 0.15) is 5.56 Å². The number of methoxy groups -OCH3 is 2. The summed E-state index contributed by atoms with van der Waals surface area (Å²) in [5, 5.41) is 2.18. The third kappa shape index (κ3) is 3.22. The van der Waals surface area contributed by atoms with Crippen molar-refractivity contribution in [2.45, 2.75) is 0 Å². The van der Waals surface area contributed by atoms with Gasteiger partial charge in [0.05, 0.1) is 19.9 Å². The Labute approximate surface area is 165 Å². The second-order valence-electron chi connectivity index (χ2n) is 6.10. The van der Waals surface area contributed by atoms with E-state index in [4.69, 9.17) is 18.9 Å². The van der Waals surface area contributed by atoms with Crippen LogP contribution < -0.4 is 29.2 Å². The first-order chi connectivity index (χ1) is 14.0. The van der Waals surface area contributed by atoms with E-state index in [1.807, 2.05) is 0 Å². The number of carbonyl (C=O) groups excluding carboxylic acids is 3. The van der Waals surface area contributed by atoms with Gasteiger partial charge in [-0.2, -0.15) is 0 Å². The van der Waals surface area contributed by atoms with Gasteiger partial charge in [-0.1, -0.05) is 0 Å². The van der Waals surface area contributed by atoms with Crippen LogP contribution in [0.2, 0.25) is 0 Å². The summed E-state index contributed by atoms with van der Waals surface area (Å²) in [4.78, 5) is 38.6. The fraction of sp³-hybridized carbons (Fsp3) is 0.150. The van der Waals surface area contributed by atoms with Gasteiger partial charge in [-0.05, 0) is 30.3 Å². The van der Waals surface area contributed by atoms with E-state index in [0.29, 0.717) is 28.6 Å². The highest BCUT2D eigenvalue weighted by Crippen LogP contribution is 2.36. The molecule has 2 aromatic carbocycles. The molecule has 0 aliphatic carbocycles. The van der Waals surface area contributed by atoms with Crippen LogP contribution in [0.4, 0.5) is 10.5 Å². The number of nitrogens with one attached hydrogen (secondary N) is 1. The van der Waals surface area contributed by atoms with E-state index in [1.54, 1.807) is 24.3 Å². The number of fused-ring (bicyclic) bond motifs is 1. The summed E-state index contributed by atoms with van der Waals surface area (Å²) in [6.45, 7) is 0.0554. The Morgan fingerprint density at radius 2 is 1.79 bits per heavy atom. The van der Waals surface area contributed by atoms with Gasteiger partial charge in [0.1, 0.15) is 17.1 Å². The summed E-state index contributed by atoms with van der Waals surface area (Å²) in [7, 11) is 2.97. The average Bonchev–Trinajstić information content (AvgIpc) is 3.19. The minimum atomic E-state index is -0.849. The molecule has 1 fully saturated rings. The fourth-order valence-corrected chi connectivity index (χ4v) is 3.01. The van der Waals surface area contributed by atoms with Crippen molar-refractivity contribution in [3.05, 3.63) is 47.5 Å². The minimum absolute atomic E-state index is 0.0554. The number of hydrogen-bond donors (Lipinski definition) is 1. The number of barbiturate groups is 1. The second kappa shape index (κ2) is 7.19. The van der Waals surface area contributed by atoms with E-state index < -0.39 is 17.8 Å². The molecule has 2 aromatic rings. The number of carbonyl (C=O) groups is 3. The van der Waals surface area contributed by atoms with E-state index in [9.17, 15) is 14.4 Å². The van der Waals surface area contributed by atoms with Crippen molar-refractivity contribution in [2.24, 2.45) is 0 Å². The lowest BCUT2D eigenvalue weighted by atomic mass is 10.1. The molecular formula is C20H16N2O7. The normalized spacial score (nSPS) is 16.8. The number of imide groups is 2. The maximum Gasteiger partial charge on any atom is 0.335 e. The zero-order chi connectivity index (χ0) is 20.5. The number of nitrogens with zero attached hydrogens (tertiary/aromatic N) is 1. The maximum atomic E-state index is 13.0. The smallest absolute Gasteiger partial charge is 0.335 e. The maximum absolute atomic E-state index is 13.0. The molecule has 0 atom stereocenters. The number of benzene rings is 2. The van der Waals surface area contributed by atoms with E-state index in [2.05, 4.69) is 5.32 Å². The number of anilines is 1. The molecule has 0 radical (unpaired) electrons. The molecule has 1 saturated heterocycles. The van der Waals surface area contributed by atoms with Crippen molar-refractivity contribution in [2.75, 3.05) is 25.9 Å². The van der Waals surface area contributed by atoms with Gasteiger partial charge >= 0.3 is 6.03 Å². The van der Waals surface area contributed by atoms with Gasteiger partial charge in [-0.3, -0.25) is 14.9 Å². The van der Waals surface area contributed by atoms with Crippen LogP contribution >= 0.6 is 0 Å².